The highest BCUT2D eigenvalue weighted by atomic mass is 15.2. The Bertz CT molecular complexity index is 95.4. The van der Waals surface area contributed by atoms with Crippen LogP contribution in [0.4, 0.5) is 0 Å². The van der Waals surface area contributed by atoms with Crippen molar-refractivity contribution in [2.24, 2.45) is 5.73 Å². The van der Waals surface area contributed by atoms with Gasteiger partial charge >= 0.3 is 0 Å². The number of rotatable bonds is 2. The van der Waals surface area contributed by atoms with Crippen LogP contribution in [0.25, 0.3) is 0 Å². The monoisotopic (exact) mass is 142 g/mol. The Kier molecular flexibility index (Phi) is 2.69. The lowest BCUT2D eigenvalue weighted by Gasteiger charge is -2.26. The number of nitrogens with zero attached hydrogens (tertiary/aromatic N) is 1. The Balaban J connectivity index is 2.32. The van der Waals surface area contributed by atoms with E-state index in [1.54, 1.807) is 0 Å². The zero-order valence-corrected chi connectivity index (χ0v) is 7.01. The van der Waals surface area contributed by atoms with Gasteiger partial charge in [0.25, 0.3) is 0 Å². The van der Waals surface area contributed by atoms with Crippen LogP contribution in [-0.2, 0) is 0 Å². The fraction of sp³-hybridized carbons (Fsp3) is 1.00. The summed E-state index contributed by atoms with van der Waals surface area (Å²) in [6.07, 6.45) is 2.72. The number of likely N-dealkylation sites (tertiary alicyclic amines) is 1. The molecule has 1 aliphatic rings. The zero-order chi connectivity index (χ0) is 7.56. The molecule has 2 atom stereocenters. The van der Waals surface area contributed by atoms with Crippen LogP contribution in [0.2, 0.25) is 0 Å². The first-order chi connectivity index (χ1) is 4.72. The van der Waals surface area contributed by atoms with Gasteiger partial charge in [-0.2, -0.15) is 0 Å². The topological polar surface area (TPSA) is 29.3 Å². The van der Waals surface area contributed by atoms with Crippen LogP contribution in [0.15, 0.2) is 0 Å². The highest BCUT2D eigenvalue weighted by molar-refractivity contribution is 4.78. The maximum absolute atomic E-state index is 5.77. The molecule has 1 rings (SSSR count). The van der Waals surface area contributed by atoms with E-state index in [1.165, 1.54) is 25.9 Å². The maximum Gasteiger partial charge on any atom is 0.0216 e. The van der Waals surface area contributed by atoms with E-state index in [1.807, 2.05) is 0 Å². The molecule has 60 valence electrons. The summed E-state index contributed by atoms with van der Waals surface area (Å²) in [5, 5.41) is 0. The van der Waals surface area contributed by atoms with Gasteiger partial charge in [-0.1, -0.05) is 0 Å². The van der Waals surface area contributed by atoms with Crippen LogP contribution in [0.3, 0.4) is 0 Å². The van der Waals surface area contributed by atoms with Gasteiger partial charge < -0.3 is 5.73 Å². The molecule has 2 heteroatoms. The Morgan fingerprint density at radius 3 is 2.10 bits per heavy atom. The van der Waals surface area contributed by atoms with Crippen molar-refractivity contribution in [2.45, 2.75) is 38.8 Å². The van der Waals surface area contributed by atoms with Crippen molar-refractivity contribution in [3.8, 4) is 0 Å². The Morgan fingerprint density at radius 1 is 1.20 bits per heavy atom. The molecule has 0 amide bonds. The van der Waals surface area contributed by atoms with Crippen molar-refractivity contribution >= 4 is 0 Å². The molecule has 0 bridgehead atoms. The molecule has 2 N–H and O–H groups in total. The average molecular weight is 142 g/mol. The van der Waals surface area contributed by atoms with Gasteiger partial charge in [0, 0.05) is 12.1 Å². The predicted molar refractivity (Wildman–Crippen MR) is 43.9 cm³/mol. The Hall–Kier alpha value is -0.0800. The summed E-state index contributed by atoms with van der Waals surface area (Å²) in [7, 11) is 0. The smallest absolute Gasteiger partial charge is 0.0216 e. The summed E-state index contributed by atoms with van der Waals surface area (Å²) in [6, 6.07) is 0.889. The molecule has 0 radical (unpaired) electrons. The molecule has 0 aliphatic carbocycles. The van der Waals surface area contributed by atoms with E-state index in [4.69, 9.17) is 5.73 Å². The third kappa shape index (κ3) is 1.70. The molecule has 2 unspecified atom stereocenters. The lowest BCUT2D eigenvalue weighted by atomic mass is 10.1. The molecule has 10 heavy (non-hydrogen) atoms. The van der Waals surface area contributed by atoms with Gasteiger partial charge in [0.1, 0.15) is 0 Å². The summed E-state index contributed by atoms with van der Waals surface area (Å²) < 4.78 is 0. The van der Waals surface area contributed by atoms with Crippen LogP contribution in [0.5, 0.6) is 0 Å². The van der Waals surface area contributed by atoms with E-state index in [0.29, 0.717) is 12.1 Å². The van der Waals surface area contributed by atoms with Crippen molar-refractivity contribution < 1.29 is 0 Å². The highest BCUT2D eigenvalue weighted by Crippen LogP contribution is 2.12. The summed E-state index contributed by atoms with van der Waals surface area (Å²) in [6.45, 7) is 6.81. The molecule has 0 spiro atoms. The van der Waals surface area contributed by atoms with Gasteiger partial charge in [0.05, 0.1) is 0 Å². The third-order valence-electron chi connectivity index (χ3n) is 2.48. The zero-order valence-electron chi connectivity index (χ0n) is 7.01. The quantitative estimate of drug-likeness (QED) is 0.618. The number of hydrogen-bond donors (Lipinski definition) is 1. The van der Waals surface area contributed by atoms with Gasteiger partial charge in [-0.05, 0) is 39.8 Å². The fourth-order valence-electron chi connectivity index (χ4n) is 1.48. The number of nitrogens with two attached hydrogens (primary N) is 1. The Labute approximate surface area is 63.4 Å². The SMILES string of the molecule is CC(N)C(C)N1CCCC1. The maximum atomic E-state index is 5.77. The molecule has 2 nitrogen and oxygen atoms in total. The van der Waals surface area contributed by atoms with Gasteiger partial charge in [0.2, 0.25) is 0 Å². The summed E-state index contributed by atoms with van der Waals surface area (Å²) >= 11 is 0. The number of hydrogen-bond acceptors (Lipinski definition) is 2. The second-order valence-corrected chi connectivity index (χ2v) is 3.34. The first kappa shape index (κ1) is 8.02. The third-order valence-corrected chi connectivity index (χ3v) is 2.48. The van der Waals surface area contributed by atoms with Crippen LogP contribution in [-0.4, -0.2) is 30.1 Å². The van der Waals surface area contributed by atoms with Crippen molar-refractivity contribution in [2.75, 3.05) is 13.1 Å². The predicted octanol–water partition coefficient (Wildman–Crippen LogP) is 0.818. The summed E-state index contributed by atoms with van der Waals surface area (Å²) in [4.78, 5) is 2.48. The molecule has 1 saturated heterocycles. The second-order valence-electron chi connectivity index (χ2n) is 3.34. The van der Waals surface area contributed by atoms with E-state index < -0.39 is 0 Å². The molecular weight excluding hydrogens is 124 g/mol. The molecule has 0 saturated carbocycles. The second kappa shape index (κ2) is 3.35. The molecule has 1 aliphatic heterocycles. The summed E-state index contributed by atoms with van der Waals surface area (Å²) in [5.41, 5.74) is 5.77. The lowest BCUT2D eigenvalue weighted by molar-refractivity contribution is 0.233. The minimum Gasteiger partial charge on any atom is -0.327 e. The Morgan fingerprint density at radius 2 is 1.70 bits per heavy atom. The first-order valence-corrected chi connectivity index (χ1v) is 4.21. The van der Waals surface area contributed by atoms with Crippen LogP contribution in [0.1, 0.15) is 26.7 Å². The minimum absolute atomic E-state index is 0.318. The van der Waals surface area contributed by atoms with Gasteiger partial charge in [-0.3, -0.25) is 4.90 Å². The normalized spacial score (nSPS) is 26.7. The fourth-order valence-corrected chi connectivity index (χ4v) is 1.48. The summed E-state index contributed by atoms with van der Waals surface area (Å²) in [5.74, 6) is 0. The van der Waals surface area contributed by atoms with Crippen molar-refractivity contribution in [1.82, 2.24) is 4.90 Å². The largest absolute Gasteiger partial charge is 0.327 e. The van der Waals surface area contributed by atoms with E-state index in [9.17, 15) is 0 Å². The molecule has 0 aromatic heterocycles. The van der Waals surface area contributed by atoms with E-state index in [0.717, 1.165) is 0 Å². The lowest BCUT2D eigenvalue weighted by Crippen LogP contribution is -2.42. The minimum atomic E-state index is 0.318. The molecular formula is C8H18N2. The molecule has 0 aromatic carbocycles. The van der Waals surface area contributed by atoms with Crippen LogP contribution in [0, 0.1) is 0 Å². The van der Waals surface area contributed by atoms with E-state index >= 15 is 0 Å². The van der Waals surface area contributed by atoms with Gasteiger partial charge in [-0.25, -0.2) is 0 Å². The average Bonchev–Trinajstić information content (AvgIpc) is 2.36. The first-order valence-electron chi connectivity index (χ1n) is 4.21. The molecule has 1 fully saturated rings. The highest BCUT2D eigenvalue weighted by Gasteiger charge is 2.19. The van der Waals surface area contributed by atoms with E-state index in [2.05, 4.69) is 18.7 Å². The molecule has 0 aromatic rings. The van der Waals surface area contributed by atoms with Crippen molar-refractivity contribution in [1.29, 1.82) is 0 Å². The standard InChI is InChI=1S/C8H18N2/c1-7(9)8(2)10-5-3-4-6-10/h7-8H,3-6,9H2,1-2H3. The van der Waals surface area contributed by atoms with Crippen LogP contribution >= 0.6 is 0 Å². The van der Waals surface area contributed by atoms with Crippen molar-refractivity contribution in [3.63, 3.8) is 0 Å². The van der Waals surface area contributed by atoms with E-state index in [-0.39, 0.29) is 0 Å². The van der Waals surface area contributed by atoms with Crippen LogP contribution < -0.4 is 5.73 Å². The van der Waals surface area contributed by atoms with Gasteiger partial charge in [-0.15, -0.1) is 0 Å². The molecule has 1 heterocycles. The van der Waals surface area contributed by atoms with Crippen molar-refractivity contribution in [3.05, 3.63) is 0 Å². The van der Waals surface area contributed by atoms with Gasteiger partial charge in [0.15, 0.2) is 0 Å².